The maximum atomic E-state index is 13.5. The third-order valence-corrected chi connectivity index (χ3v) is 4.98. The van der Waals surface area contributed by atoms with Crippen LogP contribution in [0.25, 0.3) is 0 Å². The molecule has 1 amide bonds. The van der Waals surface area contributed by atoms with Gasteiger partial charge in [0.15, 0.2) is 0 Å². The van der Waals surface area contributed by atoms with Gasteiger partial charge in [0.1, 0.15) is 0 Å². The van der Waals surface area contributed by atoms with E-state index in [2.05, 4.69) is 0 Å². The Hall–Kier alpha value is -1.81. The van der Waals surface area contributed by atoms with Crippen molar-refractivity contribution in [3.63, 3.8) is 0 Å². The molecule has 0 spiro atoms. The Labute approximate surface area is 175 Å². The van der Waals surface area contributed by atoms with Crippen molar-refractivity contribution in [1.82, 2.24) is 10.3 Å². The molecule has 0 heterocycles. The topological polar surface area (TPSA) is 75.3 Å². The lowest BCUT2D eigenvalue weighted by atomic mass is 9.91. The van der Waals surface area contributed by atoms with Crippen molar-refractivity contribution in [3.8, 4) is 0 Å². The number of rotatable bonds is 10. The van der Waals surface area contributed by atoms with Gasteiger partial charge in [0.25, 0.3) is 0 Å². The maximum absolute atomic E-state index is 13.5. The SMILES string of the molecule is CCC(=O)NNS(=O)(=O)C(F)(F)C(F)(F)C(F)(F)C(F)(F)C(F)(F)C(F)(F)C(F)(F)C(F)(F)F. The molecule has 34 heavy (non-hydrogen) atoms. The van der Waals surface area contributed by atoms with Crippen LogP contribution in [0, 0.1) is 0 Å². The molecule has 2 N–H and O–H groups in total. The van der Waals surface area contributed by atoms with Crippen LogP contribution in [0.1, 0.15) is 13.3 Å². The van der Waals surface area contributed by atoms with Crippen LogP contribution in [0.4, 0.5) is 74.6 Å². The van der Waals surface area contributed by atoms with E-state index < -0.39 is 69.3 Å². The zero-order valence-electron chi connectivity index (χ0n) is 15.3. The molecule has 0 aliphatic heterocycles. The van der Waals surface area contributed by atoms with Gasteiger partial charge in [0.2, 0.25) is 5.91 Å². The van der Waals surface area contributed by atoms with Gasteiger partial charge in [0.05, 0.1) is 0 Å². The lowest BCUT2D eigenvalue weighted by molar-refractivity contribution is -0.458. The second kappa shape index (κ2) is 8.40. The molecule has 0 aromatic heterocycles. The summed E-state index contributed by atoms with van der Waals surface area (Å²) >= 11 is 0. The molecule has 0 unspecified atom stereocenters. The van der Waals surface area contributed by atoms with E-state index in [9.17, 15) is 87.8 Å². The van der Waals surface area contributed by atoms with Gasteiger partial charge in [-0.15, -0.1) is 4.83 Å². The molecule has 5 nitrogen and oxygen atoms in total. The molecule has 0 aliphatic rings. The average Bonchev–Trinajstić information content (AvgIpc) is 2.63. The van der Waals surface area contributed by atoms with Crippen molar-refractivity contribution in [2.75, 3.05) is 0 Å². The highest BCUT2D eigenvalue weighted by Gasteiger charge is 2.96. The van der Waals surface area contributed by atoms with E-state index in [1.807, 2.05) is 0 Å². The predicted molar refractivity (Wildman–Crippen MR) is 71.2 cm³/mol. The van der Waals surface area contributed by atoms with Crippen molar-refractivity contribution < 1.29 is 87.8 Å². The quantitative estimate of drug-likeness (QED) is 0.304. The molecule has 0 saturated heterocycles. The van der Waals surface area contributed by atoms with E-state index in [0.29, 0.717) is 5.43 Å². The van der Waals surface area contributed by atoms with Gasteiger partial charge in [-0.3, -0.25) is 10.2 Å². The van der Waals surface area contributed by atoms with Crippen LogP contribution in [0.5, 0.6) is 0 Å². The summed E-state index contributed by atoms with van der Waals surface area (Å²) in [5.41, 5.74) is 0.617. The summed E-state index contributed by atoms with van der Waals surface area (Å²) in [7, 11) is -7.54. The van der Waals surface area contributed by atoms with Gasteiger partial charge in [0, 0.05) is 6.42 Å². The highest BCUT2D eigenvalue weighted by molar-refractivity contribution is 7.90. The normalized spacial score (nSPS) is 15.9. The zero-order chi connectivity index (χ0) is 28.2. The summed E-state index contributed by atoms with van der Waals surface area (Å²) in [6.07, 6.45) is -8.74. The molecule has 23 heteroatoms. The molecule has 0 bridgehead atoms. The van der Waals surface area contributed by atoms with E-state index in [0.717, 1.165) is 6.92 Å². The van der Waals surface area contributed by atoms with Crippen LogP contribution >= 0.6 is 0 Å². The van der Waals surface area contributed by atoms with Crippen LogP contribution in [0.15, 0.2) is 0 Å². The second-order valence-electron chi connectivity index (χ2n) is 5.97. The number of hydrazine groups is 1. The fourth-order valence-electron chi connectivity index (χ4n) is 1.59. The van der Waals surface area contributed by atoms with Crippen LogP contribution < -0.4 is 10.3 Å². The highest BCUT2D eigenvalue weighted by atomic mass is 32.2. The minimum absolute atomic E-state index is 0.0472. The van der Waals surface area contributed by atoms with Gasteiger partial charge >= 0.3 is 57.0 Å². The van der Waals surface area contributed by atoms with Crippen LogP contribution in [0.3, 0.4) is 0 Å². The van der Waals surface area contributed by atoms with Crippen molar-refractivity contribution in [2.45, 2.75) is 60.3 Å². The summed E-state index contributed by atoms with van der Waals surface area (Å²) in [5.74, 6) is -53.7. The Bertz CT molecular complexity index is 880. The largest absolute Gasteiger partial charge is 0.460 e. The molecule has 0 fully saturated rings. The Morgan fingerprint density at radius 2 is 0.882 bits per heavy atom. The first-order valence-corrected chi connectivity index (χ1v) is 8.95. The third kappa shape index (κ3) is 4.21. The van der Waals surface area contributed by atoms with E-state index in [1.165, 1.54) is 0 Å². The molecule has 204 valence electrons. The standard InChI is InChI=1S/C11H7F17N2O3S/c1-2-3(31)29-30-34(32,33)11(27,28)9(22,23)7(18,19)5(14,15)4(12,13)6(16,17)8(20,21)10(24,25)26/h30H,2H2,1H3,(H,29,31). The number of amides is 1. The van der Waals surface area contributed by atoms with E-state index in [1.54, 1.807) is 0 Å². The number of hydrogen-bond acceptors (Lipinski definition) is 3. The van der Waals surface area contributed by atoms with Crippen molar-refractivity contribution in [3.05, 3.63) is 0 Å². The first-order valence-electron chi connectivity index (χ1n) is 7.47. The lowest BCUT2D eigenvalue weighted by Crippen LogP contribution is -2.75. The second-order valence-corrected chi connectivity index (χ2v) is 7.69. The molecular weight excluding hydrogens is 563 g/mol. The summed E-state index contributed by atoms with van der Waals surface area (Å²) in [5, 5.41) is -7.73. The summed E-state index contributed by atoms with van der Waals surface area (Å²) in [4.78, 5) is 10.7. The molecule has 0 aromatic carbocycles. The van der Waals surface area contributed by atoms with Crippen LogP contribution in [-0.4, -0.2) is 61.3 Å². The molecule has 0 atom stereocenters. The highest BCUT2D eigenvalue weighted by Crippen LogP contribution is 2.64. The van der Waals surface area contributed by atoms with E-state index >= 15 is 0 Å². The Balaban J connectivity index is 6.80. The molecule has 0 aliphatic carbocycles. The van der Waals surface area contributed by atoms with Gasteiger partial charge in [-0.25, -0.2) is 8.42 Å². The molecule has 0 radical (unpaired) electrons. The van der Waals surface area contributed by atoms with Crippen molar-refractivity contribution in [2.24, 2.45) is 0 Å². The summed E-state index contributed by atoms with van der Waals surface area (Å²) in [6.45, 7) is 0.837. The summed E-state index contributed by atoms with van der Waals surface area (Å²) in [6, 6.07) is 0. The minimum Gasteiger partial charge on any atom is -0.278 e. The lowest BCUT2D eigenvalue weighted by Gasteiger charge is -2.42. The van der Waals surface area contributed by atoms with Crippen LogP contribution in [0.2, 0.25) is 0 Å². The van der Waals surface area contributed by atoms with Gasteiger partial charge in [-0.2, -0.15) is 74.6 Å². The van der Waals surface area contributed by atoms with Crippen LogP contribution in [-0.2, 0) is 14.8 Å². The fourth-order valence-corrected chi connectivity index (χ4v) is 2.44. The maximum Gasteiger partial charge on any atom is 0.460 e. The Kier molecular flexibility index (Phi) is 7.95. The van der Waals surface area contributed by atoms with E-state index in [4.69, 9.17) is 0 Å². The van der Waals surface area contributed by atoms with Gasteiger partial charge < -0.3 is 0 Å². The first-order chi connectivity index (χ1) is 14.5. The van der Waals surface area contributed by atoms with Crippen molar-refractivity contribution >= 4 is 15.9 Å². The first kappa shape index (κ1) is 32.2. The van der Waals surface area contributed by atoms with Gasteiger partial charge in [-0.05, 0) is 0 Å². The molecule has 0 saturated carbocycles. The monoisotopic (exact) mass is 570 g/mol. The smallest absolute Gasteiger partial charge is 0.278 e. The Morgan fingerprint density at radius 3 is 1.18 bits per heavy atom. The molecule has 0 rings (SSSR count). The zero-order valence-corrected chi connectivity index (χ0v) is 16.1. The minimum atomic E-state index is -8.91. The third-order valence-electron chi connectivity index (χ3n) is 3.68. The molecule has 0 aromatic rings. The van der Waals surface area contributed by atoms with Gasteiger partial charge in [-0.1, -0.05) is 6.92 Å². The number of alkyl halides is 17. The number of nitrogens with one attached hydrogen (secondary N) is 2. The molecular formula is C11H7F17N2O3S. The number of halogens is 17. The fraction of sp³-hybridized carbons (Fsp3) is 0.909. The van der Waals surface area contributed by atoms with E-state index in [-0.39, 0.29) is 4.83 Å². The number of sulfonamides is 1. The Morgan fingerprint density at radius 1 is 0.588 bits per heavy atom. The summed E-state index contributed by atoms with van der Waals surface area (Å²) < 4.78 is 244. The number of carbonyl (C=O) groups is 1. The average molecular weight is 570 g/mol. The predicted octanol–water partition coefficient (Wildman–Crippen LogP) is 4.31. The van der Waals surface area contributed by atoms with Crippen molar-refractivity contribution in [1.29, 1.82) is 0 Å². The number of carbonyl (C=O) groups excluding carboxylic acids is 1. The number of hydrogen-bond donors (Lipinski definition) is 2.